The molecule has 0 heterocycles. The molecule has 1 aliphatic carbocycles. The van der Waals surface area contributed by atoms with Gasteiger partial charge in [-0.3, -0.25) is 0 Å². The fourth-order valence-corrected chi connectivity index (χ4v) is 3.68. The van der Waals surface area contributed by atoms with Gasteiger partial charge in [0.1, 0.15) is 11.1 Å². The van der Waals surface area contributed by atoms with E-state index in [1.165, 1.54) is 0 Å². The topological polar surface area (TPSA) is 75.6 Å². The Labute approximate surface area is 156 Å². The average molecular weight is 361 g/mol. The van der Waals surface area contributed by atoms with Crippen molar-refractivity contribution in [3.05, 3.63) is 35.9 Å². The predicted molar refractivity (Wildman–Crippen MR) is 101 cm³/mol. The van der Waals surface area contributed by atoms with E-state index in [0.717, 1.165) is 50.5 Å². The molecule has 1 aromatic carbocycles. The molecule has 5 heteroatoms. The molecule has 5 nitrogen and oxygen atoms in total. The van der Waals surface area contributed by atoms with Gasteiger partial charge in [-0.1, -0.05) is 56.5 Å². The zero-order chi connectivity index (χ0) is 19.0. The second-order valence-electron chi connectivity index (χ2n) is 7.66. The smallest absolute Gasteiger partial charge is 0.408 e. The highest BCUT2D eigenvalue weighted by Gasteiger charge is 2.40. The van der Waals surface area contributed by atoms with Crippen LogP contribution in [0.25, 0.3) is 0 Å². The van der Waals surface area contributed by atoms with Crippen molar-refractivity contribution in [2.24, 2.45) is 0 Å². The molecule has 0 aromatic heterocycles. The number of benzene rings is 1. The summed E-state index contributed by atoms with van der Waals surface area (Å²) in [5.41, 5.74) is -0.710. The van der Waals surface area contributed by atoms with E-state index in [1.54, 1.807) is 6.92 Å². The van der Waals surface area contributed by atoms with Crippen molar-refractivity contribution in [3.8, 4) is 0 Å². The Morgan fingerprint density at radius 1 is 1.19 bits per heavy atom. The minimum atomic E-state index is -1.30. The lowest BCUT2D eigenvalue weighted by molar-refractivity contribution is -0.144. The molecule has 1 atom stereocenters. The third-order valence-corrected chi connectivity index (χ3v) is 5.32. The summed E-state index contributed by atoms with van der Waals surface area (Å²) >= 11 is 0. The Balaban J connectivity index is 2.09. The molecular formula is C21H31NO4. The monoisotopic (exact) mass is 361 g/mol. The first kappa shape index (κ1) is 20.3. The predicted octanol–water partition coefficient (Wildman–Crippen LogP) is 4.69. The number of rotatable bonds is 8. The van der Waals surface area contributed by atoms with Crippen molar-refractivity contribution in [3.63, 3.8) is 0 Å². The van der Waals surface area contributed by atoms with Gasteiger partial charge in [-0.25, -0.2) is 9.59 Å². The molecule has 1 fully saturated rings. The van der Waals surface area contributed by atoms with Crippen LogP contribution in [-0.4, -0.2) is 28.3 Å². The number of ether oxygens (including phenoxy) is 1. The van der Waals surface area contributed by atoms with Crippen LogP contribution in [0.1, 0.15) is 70.8 Å². The van der Waals surface area contributed by atoms with Gasteiger partial charge in [0, 0.05) is 6.42 Å². The molecule has 0 saturated heterocycles. The van der Waals surface area contributed by atoms with Crippen molar-refractivity contribution in [1.82, 2.24) is 5.32 Å². The van der Waals surface area contributed by atoms with E-state index in [0.29, 0.717) is 12.8 Å². The number of amides is 1. The van der Waals surface area contributed by atoms with Crippen molar-refractivity contribution in [2.45, 2.75) is 82.8 Å². The van der Waals surface area contributed by atoms with E-state index >= 15 is 0 Å². The summed E-state index contributed by atoms with van der Waals surface area (Å²) in [7, 11) is 0. The molecule has 0 aliphatic heterocycles. The van der Waals surface area contributed by atoms with Crippen LogP contribution >= 0.6 is 0 Å². The fraction of sp³-hybridized carbons (Fsp3) is 0.619. The molecule has 0 unspecified atom stereocenters. The normalized spacial score (nSPS) is 18.5. The Hall–Kier alpha value is -2.04. The maximum absolute atomic E-state index is 12.6. The molecule has 1 amide bonds. The van der Waals surface area contributed by atoms with E-state index < -0.39 is 23.2 Å². The highest BCUT2D eigenvalue weighted by atomic mass is 16.6. The van der Waals surface area contributed by atoms with Crippen LogP contribution in [0.3, 0.4) is 0 Å². The van der Waals surface area contributed by atoms with Gasteiger partial charge in [0.2, 0.25) is 0 Å². The molecule has 1 aliphatic rings. The van der Waals surface area contributed by atoms with Crippen molar-refractivity contribution >= 4 is 12.1 Å². The highest BCUT2D eigenvalue weighted by molar-refractivity contribution is 5.84. The van der Waals surface area contributed by atoms with Crippen LogP contribution in [0.4, 0.5) is 4.79 Å². The zero-order valence-electron chi connectivity index (χ0n) is 15.9. The summed E-state index contributed by atoms with van der Waals surface area (Å²) in [6, 6.07) is 10.0. The lowest BCUT2D eigenvalue weighted by Crippen LogP contribution is -2.54. The number of carboxylic acid groups (broad SMARTS) is 1. The van der Waals surface area contributed by atoms with Crippen LogP contribution in [0.5, 0.6) is 0 Å². The van der Waals surface area contributed by atoms with Gasteiger partial charge in [-0.05, 0) is 44.6 Å². The van der Waals surface area contributed by atoms with Gasteiger partial charge >= 0.3 is 12.1 Å². The summed E-state index contributed by atoms with van der Waals surface area (Å²) in [5, 5.41) is 12.2. The molecule has 144 valence electrons. The number of unbranched alkanes of at least 4 members (excludes halogenated alkanes) is 1. The van der Waals surface area contributed by atoms with E-state index in [-0.39, 0.29) is 0 Å². The average Bonchev–Trinajstić information content (AvgIpc) is 2.61. The quantitative estimate of drug-likeness (QED) is 0.704. The number of hydrogen-bond donors (Lipinski definition) is 2. The van der Waals surface area contributed by atoms with Gasteiger partial charge in [0.15, 0.2) is 0 Å². The fourth-order valence-electron chi connectivity index (χ4n) is 3.68. The van der Waals surface area contributed by atoms with E-state index in [1.807, 2.05) is 37.3 Å². The van der Waals surface area contributed by atoms with Gasteiger partial charge in [-0.15, -0.1) is 0 Å². The molecular weight excluding hydrogens is 330 g/mol. The standard InChI is InChI=1S/C21H31NO4/c1-3-4-13-20(2,18(23)24)22-19(25)26-21(14-9-6-10-15-21)16-17-11-7-5-8-12-17/h5,7-8,11-12H,3-4,6,9-10,13-16H2,1-2H3,(H,22,25)(H,23,24)/t20-/m0/s1. The minimum absolute atomic E-state index is 0.389. The Morgan fingerprint density at radius 3 is 2.42 bits per heavy atom. The molecule has 1 aromatic rings. The lowest BCUT2D eigenvalue weighted by Gasteiger charge is -2.38. The molecule has 0 bridgehead atoms. The number of aliphatic carboxylic acids is 1. The Morgan fingerprint density at radius 2 is 1.85 bits per heavy atom. The van der Waals surface area contributed by atoms with Crippen LogP contribution in [0, 0.1) is 0 Å². The number of nitrogens with one attached hydrogen (secondary N) is 1. The largest absolute Gasteiger partial charge is 0.480 e. The maximum Gasteiger partial charge on any atom is 0.408 e. The van der Waals surface area contributed by atoms with Crippen molar-refractivity contribution < 1.29 is 19.4 Å². The van der Waals surface area contributed by atoms with Gasteiger partial charge < -0.3 is 15.2 Å². The number of carbonyl (C=O) groups is 2. The SMILES string of the molecule is CCCC[C@](C)(NC(=O)OC1(Cc2ccccc2)CCCCC1)C(=O)O. The van der Waals surface area contributed by atoms with Crippen LogP contribution < -0.4 is 5.32 Å². The van der Waals surface area contributed by atoms with E-state index in [2.05, 4.69) is 5.32 Å². The Bertz CT molecular complexity index is 595. The highest BCUT2D eigenvalue weighted by Crippen LogP contribution is 2.35. The molecule has 0 radical (unpaired) electrons. The number of carbonyl (C=O) groups excluding carboxylic acids is 1. The second kappa shape index (κ2) is 9.06. The number of alkyl carbamates (subject to hydrolysis) is 1. The minimum Gasteiger partial charge on any atom is -0.480 e. The molecule has 2 rings (SSSR count). The van der Waals surface area contributed by atoms with Gasteiger partial charge in [-0.2, -0.15) is 0 Å². The van der Waals surface area contributed by atoms with Crippen LogP contribution in [0.2, 0.25) is 0 Å². The van der Waals surface area contributed by atoms with Crippen LogP contribution in [-0.2, 0) is 16.0 Å². The first-order chi connectivity index (χ1) is 12.4. The second-order valence-corrected chi connectivity index (χ2v) is 7.66. The molecule has 1 saturated carbocycles. The van der Waals surface area contributed by atoms with Crippen molar-refractivity contribution in [1.29, 1.82) is 0 Å². The summed E-state index contributed by atoms with van der Waals surface area (Å²) in [4.78, 5) is 24.2. The van der Waals surface area contributed by atoms with Gasteiger partial charge in [0.05, 0.1) is 0 Å². The lowest BCUT2D eigenvalue weighted by atomic mass is 9.80. The number of carboxylic acids is 1. The maximum atomic E-state index is 12.6. The first-order valence-electron chi connectivity index (χ1n) is 9.68. The van der Waals surface area contributed by atoms with E-state index in [4.69, 9.17) is 4.74 Å². The zero-order valence-corrected chi connectivity index (χ0v) is 15.9. The summed E-state index contributed by atoms with van der Waals surface area (Å²) in [5.74, 6) is -1.02. The third-order valence-electron chi connectivity index (χ3n) is 5.32. The summed E-state index contributed by atoms with van der Waals surface area (Å²) in [6.07, 6.45) is 6.85. The number of hydrogen-bond acceptors (Lipinski definition) is 3. The summed E-state index contributed by atoms with van der Waals surface area (Å²) in [6.45, 7) is 3.55. The van der Waals surface area contributed by atoms with Crippen molar-refractivity contribution in [2.75, 3.05) is 0 Å². The summed E-state index contributed by atoms with van der Waals surface area (Å²) < 4.78 is 5.90. The molecule has 26 heavy (non-hydrogen) atoms. The van der Waals surface area contributed by atoms with Crippen LogP contribution in [0.15, 0.2) is 30.3 Å². The molecule has 0 spiro atoms. The first-order valence-corrected chi connectivity index (χ1v) is 9.68. The van der Waals surface area contributed by atoms with Gasteiger partial charge in [0.25, 0.3) is 0 Å². The Kier molecular flexibility index (Phi) is 7.06. The molecule has 2 N–H and O–H groups in total. The third kappa shape index (κ3) is 5.48. The van der Waals surface area contributed by atoms with E-state index in [9.17, 15) is 14.7 Å².